The molecule has 0 spiro atoms. The van der Waals surface area contributed by atoms with E-state index in [1.807, 2.05) is 7.05 Å². The molecule has 1 fully saturated rings. The predicted molar refractivity (Wildman–Crippen MR) is 140 cm³/mol. The van der Waals surface area contributed by atoms with Gasteiger partial charge in [-0.3, -0.25) is 0 Å². The number of aromatic nitrogens is 2. The summed E-state index contributed by atoms with van der Waals surface area (Å²) in [4.78, 5) is 25.4. The Labute approximate surface area is 224 Å². The van der Waals surface area contributed by atoms with Gasteiger partial charge in [0.2, 0.25) is 0 Å². The fraction of sp³-hybridized carbons (Fsp3) is 0.444. The molecule has 2 aromatic carbocycles. The lowest BCUT2D eigenvalue weighted by Crippen LogP contribution is -2.48. The molecule has 39 heavy (non-hydrogen) atoms. The Morgan fingerprint density at radius 2 is 1.82 bits per heavy atom. The highest BCUT2D eigenvalue weighted by Crippen LogP contribution is 2.40. The lowest BCUT2D eigenvalue weighted by atomic mass is 9.92. The maximum atomic E-state index is 15.2. The maximum absolute atomic E-state index is 15.2. The molecule has 2 N–H and O–H groups in total. The number of likely N-dealkylation sites (N-methyl/N-ethyl adjacent to an activating group) is 1. The molecule has 0 bridgehead atoms. The number of amides is 1. The minimum atomic E-state index is -3.82. The van der Waals surface area contributed by atoms with Crippen LogP contribution in [0.25, 0.3) is 10.9 Å². The normalized spacial score (nSPS) is 14.9. The first kappa shape index (κ1) is 28.4. The summed E-state index contributed by atoms with van der Waals surface area (Å²) < 4.78 is 55.7. The van der Waals surface area contributed by atoms with Gasteiger partial charge in [0.15, 0.2) is 11.5 Å². The summed E-state index contributed by atoms with van der Waals surface area (Å²) in [5.74, 6) is -3.81. The Kier molecular flexibility index (Phi) is 7.89. The van der Waals surface area contributed by atoms with Crippen LogP contribution in [0.4, 0.5) is 23.8 Å². The SMILES string of the molecule is COc1cc2nc(C)nc(NCc3cccc(C(F)(F)C(C)(C)O)c3F)c2cc1OC(=O)N1CCN(C)CC1. The number of halogens is 3. The molecule has 0 radical (unpaired) electrons. The number of fused-ring (bicyclic) bond motifs is 1. The number of nitrogens with zero attached hydrogens (tertiary/aromatic N) is 4. The molecule has 210 valence electrons. The number of alkyl halides is 2. The first-order chi connectivity index (χ1) is 18.3. The number of aryl methyl sites for hydroxylation is 1. The minimum absolute atomic E-state index is 0.0453. The number of anilines is 1. The van der Waals surface area contributed by atoms with Crippen LogP contribution in [-0.4, -0.2) is 76.9 Å². The molecule has 9 nitrogen and oxygen atoms in total. The van der Waals surface area contributed by atoms with E-state index in [0.29, 0.717) is 35.6 Å². The topological polar surface area (TPSA) is 100 Å². The number of rotatable bonds is 7. The third-order valence-corrected chi connectivity index (χ3v) is 6.68. The highest BCUT2D eigenvalue weighted by Gasteiger charge is 2.49. The number of hydrogen-bond donors (Lipinski definition) is 2. The number of carbonyl (C=O) groups excluding carboxylic acids is 1. The van der Waals surface area contributed by atoms with Crippen molar-refractivity contribution >= 4 is 22.8 Å². The van der Waals surface area contributed by atoms with Crippen LogP contribution in [0.3, 0.4) is 0 Å². The Balaban J connectivity index is 1.64. The number of benzene rings is 2. The van der Waals surface area contributed by atoms with E-state index in [2.05, 4.69) is 20.2 Å². The van der Waals surface area contributed by atoms with Gasteiger partial charge in [0.1, 0.15) is 23.1 Å². The van der Waals surface area contributed by atoms with Crippen molar-refractivity contribution in [3.8, 4) is 11.5 Å². The molecule has 0 saturated carbocycles. The zero-order chi connectivity index (χ0) is 28.5. The van der Waals surface area contributed by atoms with Gasteiger partial charge in [-0.2, -0.15) is 8.78 Å². The lowest BCUT2D eigenvalue weighted by molar-refractivity contribution is -0.170. The van der Waals surface area contributed by atoms with Crippen LogP contribution in [0.2, 0.25) is 0 Å². The Bertz CT molecular complexity index is 1370. The lowest BCUT2D eigenvalue weighted by Gasteiger charge is -2.31. The summed E-state index contributed by atoms with van der Waals surface area (Å²) in [5, 5.41) is 13.3. The summed E-state index contributed by atoms with van der Waals surface area (Å²) >= 11 is 0. The smallest absolute Gasteiger partial charge is 0.415 e. The number of ether oxygens (including phenoxy) is 2. The second-order valence-corrected chi connectivity index (χ2v) is 10.1. The van der Waals surface area contributed by atoms with Crippen molar-refractivity contribution in [2.45, 2.75) is 38.8 Å². The van der Waals surface area contributed by atoms with Gasteiger partial charge >= 0.3 is 12.0 Å². The van der Waals surface area contributed by atoms with Crippen LogP contribution in [0.5, 0.6) is 11.5 Å². The second-order valence-electron chi connectivity index (χ2n) is 10.1. The average Bonchev–Trinajstić information content (AvgIpc) is 2.87. The van der Waals surface area contributed by atoms with Crippen molar-refractivity contribution in [3.05, 3.63) is 53.1 Å². The van der Waals surface area contributed by atoms with Crippen LogP contribution >= 0.6 is 0 Å². The van der Waals surface area contributed by atoms with Crippen LogP contribution in [0.1, 0.15) is 30.8 Å². The van der Waals surface area contributed by atoms with Crippen LogP contribution in [0.15, 0.2) is 30.3 Å². The monoisotopic (exact) mass is 547 g/mol. The van der Waals surface area contributed by atoms with Crippen molar-refractivity contribution < 1.29 is 32.5 Å². The molecular formula is C27H32F3N5O4. The molecule has 0 unspecified atom stereocenters. The number of aliphatic hydroxyl groups is 1. The van der Waals surface area contributed by atoms with Crippen molar-refractivity contribution in [2.75, 3.05) is 45.7 Å². The molecule has 1 aliphatic heterocycles. The van der Waals surface area contributed by atoms with E-state index >= 15 is 4.39 Å². The fourth-order valence-electron chi connectivity index (χ4n) is 4.24. The molecule has 1 amide bonds. The fourth-order valence-corrected chi connectivity index (χ4v) is 4.24. The summed E-state index contributed by atoms with van der Waals surface area (Å²) in [7, 11) is 3.42. The van der Waals surface area contributed by atoms with E-state index in [-0.39, 0.29) is 23.7 Å². The molecule has 3 aromatic rings. The van der Waals surface area contributed by atoms with Crippen LogP contribution in [-0.2, 0) is 12.5 Å². The van der Waals surface area contributed by atoms with Gasteiger partial charge < -0.3 is 29.7 Å². The second kappa shape index (κ2) is 10.9. The zero-order valence-corrected chi connectivity index (χ0v) is 22.5. The molecule has 0 aliphatic carbocycles. The molecule has 4 rings (SSSR count). The van der Waals surface area contributed by atoms with E-state index in [9.17, 15) is 18.7 Å². The molecule has 1 aliphatic rings. The van der Waals surface area contributed by atoms with Gasteiger partial charge in [0, 0.05) is 49.7 Å². The van der Waals surface area contributed by atoms with Crippen LogP contribution < -0.4 is 14.8 Å². The first-order valence-corrected chi connectivity index (χ1v) is 12.5. The first-order valence-electron chi connectivity index (χ1n) is 12.5. The minimum Gasteiger partial charge on any atom is -0.493 e. The molecule has 1 saturated heterocycles. The van der Waals surface area contributed by atoms with E-state index in [1.54, 1.807) is 24.0 Å². The van der Waals surface area contributed by atoms with E-state index in [0.717, 1.165) is 33.0 Å². The van der Waals surface area contributed by atoms with Gasteiger partial charge in [-0.25, -0.2) is 19.2 Å². The maximum Gasteiger partial charge on any atom is 0.415 e. The number of carbonyl (C=O) groups is 1. The van der Waals surface area contributed by atoms with Gasteiger partial charge in [-0.1, -0.05) is 12.1 Å². The standard InChI is InChI=1S/C27H32F3N5O4/c1-16-32-20-14-21(38-5)22(39-25(36)35-11-9-34(4)10-12-35)13-18(20)24(33-16)31-15-17-7-6-8-19(23(17)28)27(29,30)26(2,3)37/h6-8,13-14,37H,9-12,15H2,1-5H3,(H,31,32,33). The zero-order valence-electron chi connectivity index (χ0n) is 22.5. The van der Waals surface area contributed by atoms with Gasteiger partial charge in [-0.05, 0) is 40.0 Å². The third kappa shape index (κ3) is 5.86. The Morgan fingerprint density at radius 1 is 1.13 bits per heavy atom. The molecule has 2 heterocycles. The van der Waals surface area contributed by atoms with E-state index < -0.39 is 29.0 Å². The number of hydrogen-bond acceptors (Lipinski definition) is 8. The highest BCUT2D eigenvalue weighted by atomic mass is 19.3. The van der Waals surface area contributed by atoms with Gasteiger partial charge in [-0.15, -0.1) is 0 Å². The third-order valence-electron chi connectivity index (χ3n) is 6.68. The molecule has 12 heteroatoms. The highest BCUT2D eigenvalue weighted by molar-refractivity contribution is 5.92. The largest absolute Gasteiger partial charge is 0.493 e. The Morgan fingerprint density at radius 3 is 2.46 bits per heavy atom. The van der Waals surface area contributed by atoms with Crippen molar-refractivity contribution in [1.29, 1.82) is 0 Å². The summed E-state index contributed by atoms with van der Waals surface area (Å²) in [6.07, 6.45) is -0.519. The molecular weight excluding hydrogens is 515 g/mol. The van der Waals surface area contributed by atoms with Crippen molar-refractivity contribution in [1.82, 2.24) is 19.8 Å². The van der Waals surface area contributed by atoms with E-state index in [4.69, 9.17) is 9.47 Å². The number of piperazine rings is 1. The molecule has 0 atom stereocenters. The van der Waals surface area contributed by atoms with Gasteiger partial charge in [0.25, 0.3) is 0 Å². The summed E-state index contributed by atoms with van der Waals surface area (Å²) in [6, 6.07) is 6.79. The van der Waals surface area contributed by atoms with Crippen molar-refractivity contribution in [2.24, 2.45) is 0 Å². The van der Waals surface area contributed by atoms with Crippen molar-refractivity contribution in [3.63, 3.8) is 0 Å². The summed E-state index contributed by atoms with van der Waals surface area (Å²) in [5.41, 5.74) is -2.93. The average molecular weight is 548 g/mol. The summed E-state index contributed by atoms with van der Waals surface area (Å²) in [6.45, 7) is 5.84. The predicted octanol–water partition coefficient (Wildman–Crippen LogP) is 4.31. The molecule has 1 aromatic heterocycles. The van der Waals surface area contributed by atoms with E-state index in [1.165, 1.54) is 19.2 Å². The Hall–Kier alpha value is -3.64. The number of methoxy groups -OCH3 is 1. The van der Waals surface area contributed by atoms with Crippen LogP contribution in [0, 0.1) is 12.7 Å². The number of nitrogens with one attached hydrogen (secondary N) is 1. The van der Waals surface area contributed by atoms with Gasteiger partial charge in [0.05, 0.1) is 18.2 Å². The quantitative estimate of drug-likeness (QED) is 0.452.